The van der Waals surface area contributed by atoms with E-state index in [0.29, 0.717) is 0 Å². The quantitative estimate of drug-likeness (QED) is 0.243. The molecule has 0 saturated heterocycles. The molecule has 1 rings (SSSR count). The molecule has 0 aromatic carbocycles. The minimum Gasteiger partial charge on any atom is -0.507 e. The summed E-state index contributed by atoms with van der Waals surface area (Å²) in [6, 6.07) is -1.27. The van der Waals surface area contributed by atoms with E-state index in [0.717, 1.165) is 0 Å². The van der Waals surface area contributed by atoms with Gasteiger partial charge in [0.1, 0.15) is 6.04 Å². The lowest BCUT2D eigenvalue weighted by Gasteiger charge is -2.33. The van der Waals surface area contributed by atoms with Crippen LogP contribution in [-0.2, 0) is 0 Å². The van der Waals surface area contributed by atoms with Crippen molar-refractivity contribution in [2.24, 2.45) is 22.2 Å². The maximum absolute atomic E-state index is 9.50. The first-order valence-electron chi connectivity index (χ1n) is 3.55. The van der Waals surface area contributed by atoms with Gasteiger partial charge in [-0.15, -0.1) is 0 Å². The molecule has 1 aliphatic rings. The molecule has 1 aliphatic heterocycles. The third-order valence-corrected chi connectivity index (χ3v) is 1.90. The van der Waals surface area contributed by atoms with Crippen LogP contribution < -0.4 is 17.2 Å². The van der Waals surface area contributed by atoms with Crippen LogP contribution in [0, 0.1) is 0 Å². The van der Waals surface area contributed by atoms with Crippen LogP contribution in [-0.4, -0.2) is 39.4 Å². The van der Waals surface area contributed by atoms with E-state index in [1.165, 1.54) is 0 Å². The molecule has 9 N–H and O–H groups in total. The molecule has 13 heavy (non-hydrogen) atoms. The summed E-state index contributed by atoms with van der Waals surface area (Å²) < 4.78 is 0. The van der Waals surface area contributed by atoms with E-state index >= 15 is 0 Å². The van der Waals surface area contributed by atoms with Crippen LogP contribution in [0.15, 0.2) is 16.6 Å². The second-order valence-electron chi connectivity index (χ2n) is 2.79. The fourth-order valence-corrected chi connectivity index (χ4v) is 1.00. The lowest BCUT2D eigenvalue weighted by molar-refractivity contribution is 0.0759. The van der Waals surface area contributed by atoms with Crippen molar-refractivity contribution in [2.45, 2.75) is 11.8 Å². The van der Waals surface area contributed by atoms with Crippen LogP contribution in [0.3, 0.4) is 0 Å². The summed E-state index contributed by atoms with van der Waals surface area (Å²) in [6.07, 6.45) is 0. The zero-order valence-electron chi connectivity index (χ0n) is 6.81. The van der Waals surface area contributed by atoms with Gasteiger partial charge in [-0.2, -0.15) is 0 Å². The zero-order chi connectivity index (χ0) is 10.2. The molecule has 7 heteroatoms. The van der Waals surface area contributed by atoms with Gasteiger partial charge in [0.2, 0.25) is 0 Å². The van der Waals surface area contributed by atoms with E-state index in [4.69, 9.17) is 22.3 Å². The highest BCUT2D eigenvalue weighted by Crippen LogP contribution is 2.18. The maximum Gasteiger partial charge on any atom is 0.178 e. The molecule has 0 amide bonds. The number of rotatable bonds is 1. The van der Waals surface area contributed by atoms with Crippen molar-refractivity contribution in [3.8, 4) is 0 Å². The molecular formula is C6H12N4O3. The normalized spacial score (nSPS) is 34.8. The number of nitrogens with zero attached hydrogens (tertiary/aromatic N) is 1. The number of nitrogens with two attached hydrogens (primary N) is 3. The highest BCUT2D eigenvalue weighted by molar-refractivity contribution is 5.95. The Morgan fingerprint density at radius 2 is 2.08 bits per heavy atom. The van der Waals surface area contributed by atoms with Crippen molar-refractivity contribution >= 4 is 5.71 Å². The Labute approximate surface area is 74.2 Å². The monoisotopic (exact) mass is 188 g/mol. The Kier molecular flexibility index (Phi) is 2.26. The molecule has 0 aromatic rings. The summed E-state index contributed by atoms with van der Waals surface area (Å²) in [5.41, 5.74) is 13.7. The van der Waals surface area contributed by atoms with Gasteiger partial charge in [-0.25, -0.2) is 4.99 Å². The SMILES string of the molecule is NC1=C(O)C(N)C(N)(O)C(CO)=N1. The van der Waals surface area contributed by atoms with Gasteiger partial charge in [0.25, 0.3) is 0 Å². The van der Waals surface area contributed by atoms with Crippen LogP contribution in [0.25, 0.3) is 0 Å². The molecule has 2 atom stereocenters. The van der Waals surface area contributed by atoms with E-state index in [-0.39, 0.29) is 11.5 Å². The highest BCUT2D eigenvalue weighted by Gasteiger charge is 2.41. The van der Waals surface area contributed by atoms with Crippen molar-refractivity contribution in [3.05, 3.63) is 11.6 Å². The molecule has 0 saturated carbocycles. The van der Waals surface area contributed by atoms with E-state index in [2.05, 4.69) is 4.99 Å². The molecule has 1 heterocycles. The van der Waals surface area contributed by atoms with Crippen molar-refractivity contribution in [1.82, 2.24) is 0 Å². The Morgan fingerprint density at radius 3 is 2.54 bits per heavy atom. The van der Waals surface area contributed by atoms with Crippen LogP contribution >= 0.6 is 0 Å². The summed E-state index contributed by atoms with van der Waals surface area (Å²) in [4.78, 5) is 3.50. The van der Waals surface area contributed by atoms with Crippen molar-refractivity contribution in [1.29, 1.82) is 0 Å². The lowest BCUT2D eigenvalue weighted by atomic mass is 9.96. The van der Waals surface area contributed by atoms with Crippen LogP contribution in [0.2, 0.25) is 0 Å². The smallest absolute Gasteiger partial charge is 0.178 e. The Hall–Kier alpha value is -1.15. The van der Waals surface area contributed by atoms with Gasteiger partial charge in [-0.3, -0.25) is 5.73 Å². The molecule has 0 bridgehead atoms. The predicted octanol–water partition coefficient (Wildman–Crippen LogP) is -2.91. The molecular weight excluding hydrogens is 176 g/mol. The number of hydrogen-bond acceptors (Lipinski definition) is 7. The molecule has 7 nitrogen and oxygen atoms in total. The predicted molar refractivity (Wildman–Crippen MR) is 45.5 cm³/mol. The molecule has 0 radical (unpaired) electrons. The van der Waals surface area contributed by atoms with Crippen LogP contribution in [0.4, 0.5) is 0 Å². The fraction of sp³-hybridized carbons (Fsp3) is 0.500. The summed E-state index contributed by atoms with van der Waals surface area (Å²) in [7, 11) is 0. The number of aliphatic hydroxyl groups excluding tert-OH is 2. The second-order valence-corrected chi connectivity index (χ2v) is 2.79. The first-order valence-corrected chi connectivity index (χ1v) is 3.55. The van der Waals surface area contributed by atoms with Crippen molar-refractivity contribution < 1.29 is 15.3 Å². The van der Waals surface area contributed by atoms with Crippen molar-refractivity contribution in [3.63, 3.8) is 0 Å². The summed E-state index contributed by atoms with van der Waals surface area (Å²) in [6.45, 7) is -0.575. The largest absolute Gasteiger partial charge is 0.507 e. The van der Waals surface area contributed by atoms with Gasteiger partial charge in [-0.1, -0.05) is 0 Å². The third kappa shape index (κ3) is 1.38. The fourth-order valence-electron chi connectivity index (χ4n) is 1.00. The third-order valence-electron chi connectivity index (χ3n) is 1.90. The van der Waals surface area contributed by atoms with E-state index in [1.54, 1.807) is 0 Å². The first-order chi connectivity index (χ1) is 5.91. The van der Waals surface area contributed by atoms with Crippen LogP contribution in [0.1, 0.15) is 0 Å². The molecule has 74 valence electrons. The summed E-state index contributed by atoms with van der Waals surface area (Å²) in [5.74, 6) is -0.728. The van der Waals surface area contributed by atoms with Gasteiger partial charge in [0.15, 0.2) is 17.3 Å². The number of aliphatic imine (C=N–C) groups is 1. The molecule has 0 spiro atoms. The Morgan fingerprint density at radius 1 is 1.54 bits per heavy atom. The van der Waals surface area contributed by atoms with Crippen LogP contribution in [0.5, 0.6) is 0 Å². The van der Waals surface area contributed by atoms with E-state index in [1.807, 2.05) is 0 Å². The second kappa shape index (κ2) is 2.96. The molecule has 0 aliphatic carbocycles. The van der Waals surface area contributed by atoms with Gasteiger partial charge < -0.3 is 26.8 Å². The number of aliphatic hydroxyl groups is 3. The lowest BCUT2D eigenvalue weighted by Crippen LogP contribution is -2.64. The molecule has 0 fully saturated rings. The topological polar surface area (TPSA) is 151 Å². The Balaban J connectivity index is 3.16. The summed E-state index contributed by atoms with van der Waals surface area (Å²) in [5, 5.41) is 27.5. The van der Waals surface area contributed by atoms with E-state index < -0.39 is 24.1 Å². The maximum atomic E-state index is 9.50. The van der Waals surface area contributed by atoms with Gasteiger partial charge in [0.05, 0.1) is 12.3 Å². The average molecular weight is 188 g/mol. The van der Waals surface area contributed by atoms with Crippen molar-refractivity contribution in [2.75, 3.05) is 6.61 Å². The zero-order valence-corrected chi connectivity index (χ0v) is 6.81. The molecule has 2 unspecified atom stereocenters. The minimum atomic E-state index is -2.05. The highest BCUT2D eigenvalue weighted by atomic mass is 16.3. The van der Waals surface area contributed by atoms with Gasteiger partial charge in [-0.05, 0) is 0 Å². The standard InChI is InChI=1S/C6H12N4O3/c7-4-3(12)5(8)10-2(1-11)6(4,9)13/h4,11-13H,1,7-9H2. The van der Waals surface area contributed by atoms with E-state index in [9.17, 15) is 10.2 Å². The number of hydrogen-bond donors (Lipinski definition) is 6. The first kappa shape index (κ1) is 9.93. The summed E-state index contributed by atoms with van der Waals surface area (Å²) >= 11 is 0. The van der Waals surface area contributed by atoms with Gasteiger partial charge >= 0.3 is 0 Å². The Bertz CT molecular complexity index is 284. The van der Waals surface area contributed by atoms with Gasteiger partial charge in [0, 0.05) is 0 Å². The minimum absolute atomic E-state index is 0.171. The average Bonchev–Trinajstić information content (AvgIpc) is 2.08. The molecule has 0 aromatic heterocycles.